The zero-order valence-corrected chi connectivity index (χ0v) is 26.2. The van der Waals surface area contributed by atoms with Crippen LogP contribution in [0.1, 0.15) is 73.3 Å². The maximum Gasteiger partial charge on any atom is 0.335 e. The van der Waals surface area contributed by atoms with E-state index >= 15 is 0 Å². The van der Waals surface area contributed by atoms with Crippen LogP contribution in [-0.2, 0) is 26.4 Å². The number of fused-ring (bicyclic) bond motifs is 2. The highest BCUT2D eigenvalue weighted by molar-refractivity contribution is 8.13. The van der Waals surface area contributed by atoms with E-state index in [4.69, 9.17) is 14.6 Å². The van der Waals surface area contributed by atoms with E-state index in [1.807, 2.05) is 26.8 Å². The largest absolute Gasteiger partial charge is 0.458 e. The molecule has 224 valence electrons. The van der Waals surface area contributed by atoms with Gasteiger partial charge in [0.15, 0.2) is 11.9 Å². The third-order valence-corrected chi connectivity index (χ3v) is 10.1. The molecule has 42 heavy (non-hydrogen) atoms. The zero-order chi connectivity index (χ0) is 30.4. The number of nitrogens with zero attached hydrogens (tertiary/aromatic N) is 4. The molecule has 3 unspecified atom stereocenters. The normalized spacial score (nSPS) is 23.1. The number of pyridine rings is 1. The van der Waals surface area contributed by atoms with Crippen molar-refractivity contribution in [3.05, 3.63) is 46.4 Å². The second-order valence-electron chi connectivity index (χ2n) is 13.0. The van der Waals surface area contributed by atoms with Gasteiger partial charge in [0.2, 0.25) is 0 Å². The monoisotopic (exact) mass is 592 g/mol. The Morgan fingerprint density at radius 2 is 2.07 bits per heavy atom. The van der Waals surface area contributed by atoms with Gasteiger partial charge in [-0.15, -0.1) is 0 Å². The Hall–Kier alpha value is -3.46. The molecular formula is C31H40N6O4S. The summed E-state index contributed by atoms with van der Waals surface area (Å²) >= 11 is 0. The van der Waals surface area contributed by atoms with Crippen molar-refractivity contribution in [2.75, 3.05) is 11.9 Å². The fourth-order valence-electron chi connectivity index (χ4n) is 5.67. The number of nitrogens with one attached hydrogen (secondary N) is 2. The third-order valence-electron chi connectivity index (χ3n) is 7.63. The molecule has 2 aromatic heterocycles. The molecule has 0 amide bonds. The summed E-state index contributed by atoms with van der Waals surface area (Å²) < 4.78 is 15.8. The molecule has 11 heteroatoms. The summed E-state index contributed by atoms with van der Waals surface area (Å²) in [6.45, 7) is 15.2. The maximum absolute atomic E-state index is 13.1. The number of carbonyl (C=O) groups excluding carboxylic acids is 1. The molecule has 2 aliphatic heterocycles. The number of nitriles is 1. The number of carbonyl (C=O) groups is 1. The van der Waals surface area contributed by atoms with Crippen LogP contribution in [0.25, 0.3) is 10.9 Å². The molecule has 1 fully saturated rings. The lowest BCUT2D eigenvalue weighted by molar-refractivity contribution is -0.176. The van der Waals surface area contributed by atoms with Gasteiger partial charge in [-0.3, -0.25) is 9.48 Å². The van der Waals surface area contributed by atoms with Crippen LogP contribution in [0.2, 0.25) is 0 Å². The van der Waals surface area contributed by atoms with Crippen molar-refractivity contribution >= 4 is 44.4 Å². The van der Waals surface area contributed by atoms with E-state index in [9.17, 15) is 14.9 Å². The lowest BCUT2D eigenvalue weighted by Gasteiger charge is -2.39. The molecule has 3 aromatic rings. The molecule has 3 atom stereocenters. The van der Waals surface area contributed by atoms with Crippen LogP contribution in [0, 0.1) is 11.3 Å². The Morgan fingerprint density at radius 1 is 1.31 bits per heavy atom. The fourth-order valence-corrected chi connectivity index (χ4v) is 7.88. The summed E-state index contributed by atoms with van der Waals surface area (Å²) in [5.41, 5.74) is 0.930. The Balaban J connectivity index is 1.49. The first-order valence-corrected chi connectivity index (χ1v) is 15.5. The third kappa shape index (κ3) is 5.63. The van der Waals surface area contributed by atoms with Gasteiger partial charge in [0, 0.05) is 28.9 Å². The van der Waals surface area contributed by atoms with Crippen LogP contribution >= 0.6 is 10.7 Å². The van der Waals surface area contributed by atoms with Crippen LogP contribution in [0.3, 0.4) is 0 Å². The first-order chi connectivity index (χ1) is 19.8. The van der Waals surface area contributed by atoms with E-state index in [0.29, 0.717) is 29.6 Å². The summed E-state index contributed by atoms with van der Waals surface area (Å²) in [5, 5.41) is 20.8. The molecule has 10 nitrogen and oxygen atoms in total. The van der Waals surface area contributed by atoms with Crippen molar-refractivity contribution in [1.82, 2.24) is 19.1 Å². The van der Waals surface area contributed by atoms with Crippen molar-refractivity contribution < 1.29 is 14.3 Å². The second kappa shape index (κ2) is 11.0. The SMILES string of the molecule is CC=S1c2ccc(Nc3nn(C4(CC#N)CCC(C(=O)OC(C)(C)C)OC4)c4cc[nH]c(=O)c34)cc2CN1C(C)(C)C. The van der Waals surface area contributed by atoms with Crippen LogP contribution in [0.5, 0.6) is 0 Å². The van der Waals surface area contributed by atoms with Crippen LogP contribution < -0.4 is 10.9 Å². The molecular weight excluding hydrogens is 552 g/mol. The van der Waals surface area contributed by atoms with Crippen molar-refractivity contribution in [2.24, 2.45) is 0 Å². The molecule has 0 saturated carbocycles. The quantitative estimate of drug-likeness (QED) is 0.291. The van der Waals surface area contributed by atoms with Crippen LogP contribution in [0.15, 0.2) is 40.2 Å². The molecule has 2 aliphatic rings. The number of rotatable bonds is 5. The van der Waals surface area contributed by atoms with Gasteiger partial charge in [-0.25, -0.2) is 9.10 Å². The molecule has 2 N–H and O–H groups in total. The van der Waals surface area contributed by atoms with Gasteiger partial charge < -0.3 is 19.8 Å². The Morgan fingerprint density at radius 3 is 2.69 bits per heavy atom. The number of ether oxygens (including phenoxy) is 2. The number of benzene rings is 1. The van der Waals surface area contributed by atoms with Crippen molar-refractivity contribution in [2.45, 2.75) is 102 Å². The molecule has 0 bridgehead atoms. The van der Waals surface area contributed by atoms with Gasteiger partial charge in [0.1, 0.15) is 11.0 Å². The molecule has 0 spiro atoms. The predicted molar refractivity (Wildman–Crippen MR) is 166 cm³/mol. The summed E-state index contributed by atoms with van der Waals surface area (Å²) in [7, 11) is -0.0884. The number of esters is 1. The van der Waals surface area contributed by atoms with Crippen LogP contribution in [0.4, 0.5) is 11.5 Å². The average molecular weight is 593 g/mol. The summed E-state index contributed by atoms with van der Waals surface area (Å²) in [6.07, 6.45) is 1.80. The minimum absolute atomic E-state index is 0.0180. The smallest absolute Gasteiger partial charge is 0.335 e. The van der Waals surface area contributed by atoms with Crippen molar-refractivity contribution in [3.8, 4) is 6.07 Å². The summed E-state index contributed by atoms with van der Waals surface area (Å²) in [6, 6.07) is 10.4. The Kier molecular flexibility index (Phi) is 7.85. The zero-order valence-electron chi connectivity index (χ0n) is 25.4. The molecule has 0 radical (unpaired) electrons. The van der Waals surface area contributed by atoms with E-state index in [0.717, 1.165) is 12.2 Å². The molecule has 1 aromatic carbocycles. The topological polar surface area (TPSA) is 125 Å². The predicted octanol–water partition coefficient (Wildman–Crippen LogP) is 5.58. The highest BCUT2D eigenvalue weighted by Gasteiger charge is 2.43. The highest BCUT2D eigenvalue weighted by Crippen LogP contribution is 2.47. The number of aromatic nitrogens is 3. The highest BCUT2D eigenvalue weighted by atomic mass is 32.2. The van der Waals surface area contributed by atoms with Crippen molar-refractivity contribution in [1.29, 1.82) is 5.26 Å². The number of aromatic amines is 1. The first-order valence-electron chi connectivity index (χ1n) is 14.3. The fraction of sp³-hybridized carbons (Fsp3) is 0.516. The van der Waals surface area contributed by atoms with Crippen molar-refractivity contribution in [3.63, 3.8) is 0 Å². The van der Waals surface area contributed by atoms with Gasteiger partial charge in [0.25, 0.3) is 5.56 Å². The van der Waals surface area contributed by atoms with Gasteiger partial charge in [-0.2, -0.15) is 10.4 Å². The van der Waals surface area contributed by atoms with E-state index in [1.54, 1.807) is 16.9 Å². The molecule has 0 aliphatic carbocycles. The lowest BCUT2D eigenvalue weighted by atomic mass is 9.87. The minimum atomic E-state index is -0.852. The molecule has 1 saturated heterocycles. The Bertz CT molecular complexity index is 1640. The number of anilines is 2. The van der Waals surface area contributed by atoms with E-state index in [-0.39, 0.29) is 34.8 Å². The van der Waals surface area contributed by atoms with Crippen LogP contribution in [-0.4, -0.2) is 54.3 Å². The van der Waals surface area contributed by atoms with E-state index in [1.165, 1.54) is 10.5 Å². The molecule has 5 rings (SSSR count). The molecule has 4 heterocycles. The van der Waals surface area contributed by atoms with Gasteiger partial charge in [-0.1, -0.05) is 10.7 Å². The first kappa shape index (κ1) is 30.0. The number of H-pyrrole nitrogens is 1. The maximum atomic E-state index is 13.1. The van der Waals surface area contributed by atoms with Gasteiger partial charge >= 0.3 is 5.97 Å². The Labute approximate surface area is 249 Å². The van der Waals surface area contributed by atoms with Gasteiger partial charge in [0.05, 0.1) is 30.2 Å². The van der Waals surface area contributed by atoms with Gasteiger partial charge in [-0.05, 0) is 96.5 Å². The lowest BCUT2D eigenvalue weighted by Crippen LogP contribution is -2.47. The summed E-state index contributed by atoms with van der Waals surface area (Å²) in [5.74, 6) is -0.00699. The van der Waals surface area contributed by atoms with E-state index < -0.39 is 23.2 Å². The summed E-state index contributed by atoms with van der Waals surface area (Å²) in [4.78, 5) is 29.9. The standard InChI is InChI=1S/C31H40N6O4S/c1-8-42-24-10-9-21(17-20(24)18-36(42)29(2,3)4)34-26-25-22(12-16-33-27(25)38)37(35-26)31(14-15-32)13-11-23(40-19-31)28(39)41-30(5,6)7/h8-10,12,16-17,23H,11,13-14,18-19H2,1-7H3,(H,33,38)(H,34,35). The van der Waals surface area contributed by atoms with E-state index in [2.05, 4.69) is 65.9 Å². The average Bonchev–Trinajstić information content (AvgIpc) is 3.47. The number of hydrogen-bond donors (Lipinski definition) is 2. The number of hydrogen-bond acceptors (Lipinski definition) is 8. The minimum Gasteiger partial charge on any atom is -0.458 e. The second-order valence-corrected chi connectivity index (χ2v) is 14.9.